The highest BCUT2D eigenvalue weighted by atomic mass is 79.9. The maximum atomic E-state index is 10.0. The summed E-state index contributed by atoms with van der Waals surface area (Å²) in [6.07, 6.45) is 6.84. The quantitative estimate of drug-likeness (QED) is 0.640. The number of oxazole rings is 1. The molecular weight excluding hydrogens is 358 g/mol. The van der Waals surface area contributed by atoms with Crippen molar-refractivity contribution in [3.8, 4) is 11.5 Å². The zero-order valence-electron chi connectivity index (χ0n) is 10.6. The maximum absolute atomic E-state index is 10.0. The van der Waals surface area contributed by atoms with Crippen LogP contribution in [0, 0.1) is 0 Å². The number of hydrogen-bond donors (Lipinski definition) is 0. The first-order chi connectivity index (χ1) is 10.2. The van der Waals surface area contributed by atoms with Gasteiger partial charge in [0.2, 0.25) is 0 Å². The monoisotopic (exact) mass is 365 g/mol. The Labute approximate surface area is 134 Å². The van der Waals surface area contributed by atoms with Crippen molar-refractivity contribution < 1.29 is 9.21 Å². The van der Waals surface area contributed by atoms with Crippen LogP contribution in [0.2, 0.25) is 5.02 Å². The zero-order chi connectivity index (χ0) is 15.1. The molecule has 0 atom stereocenters. The van der Waals surface area contributed by atoms with Crippen LogP contribution in [0.4, 0.5) is 0 Å². The van der Waals surface area contributed by atoms with Crippen LogP contribution in [0.25, 0.3) is 11.5 Å². The van der Waals surface area contributed by atoms with Gasteiger partial charge in [0.25, 0.3) is 0 Å². The number of hydrogen-bond acceptors (Lipinski definition) is 5. The minimum absolute atomic E-state index is 0.457. The number of rotatable bonds is 2. The molecule has 0 saturated carbocycles. The highest BCUT2D eigenvalue weighted by Gasteiger charge is 2.00. The number of carbonyl (C=O) groups excluding carboxylic acids is 1. The molecule has 106 valence electrons. The van der Waals surface area contributed by atoms with E-state index in [2.05, 4.69) is 30.9 Å². The zero-order valence-corrected chi connectivity index (χ0v) is 13.0. The smallest absolute Gasteiger partial charge is 0.181 e. The molecule has 0 bridgehead atoms. The van der Waals surface area contributed by atoms with Crippen LogP contribution in [-0.4, -0.2) is 21.2 Å². The summed E-state index contributed by atoms with van der Waals surface area (Å²) in [6, 6.07) is 6.96. The normalized spacial score (nSPS) is 9.62. The Hall–Kier alpha value is -2.05. The predicted octanol–water partition coefficient (Wildman–Crippen LogP) is 4.05. The summed E-state index contributed by atoms with van der Waals surface area (Å²) in [7, 11) is 0. The van der Waals surface area contributed by atoms with Gasteiger partial charge < -0.3 is 4.42 Å². The third-order valence-corrected chi connectivity index (χ3v) is 2.98. The number of pyridine rings is 2. The van der Waals surface area contributed by atoms with Gasteiger partial charge in [-0.1, -0.05) is 11.6 Å². The summed E-state index contributed by atoms with van der Waals surface area (Å²) in [6.45, 7) is 0. The Kier molecular flexibility index (Phi) is 5.59. The van der Waals surface area contributed by atoms with Crippen molar-refractivity contribution in [3.63, 3.8) is 0 Å². The van der Waals surface area contributed by atoms with Crippen molar-refractivity contribution in [2.75, 3.05) is 0 Å². The molecule has 3 rings (SSSR count). The Bertz CT molecular complexity index is 685. The van der Waals surface area contributed by atoms with Crippen LogP contribution in [-0.2, 0) is 0 Å². The van der Waals surface area contributed by atoms with E-state index in [0.717, 1.165) is 10.2 Å². The number of aldehydes is 1. The van der Waals surface area contributed by atoms with Gasteiger partial charge in [0.15, 0.2) is 18.4 Å². The number of aromatic nitrogens is 3. The largest absolute Gasteiger partial charge is 0.442 e. The minimum Gasteiger partial charge on any atom is -0.442 e. The maximum Gasteiger partial charge on any atom is 0.181 e. The highest BCUT2D eigenvalue weighted by Crippen LogP contribution is 2.17. The van der Waals surface area contributed by atoms with Gasteiger partial charge in [0.1, 0.15) is 11.4 Å². The number of nitrogens with zero attached hydrogens (tertiary/aromatic N) is 3. The summed E-state index contributed by atoms with van der Waals surface area (Å²) in [4.78, 5) is 21.7. The van der Waals surface area contributed by atoms with Crippen molar-refractivity contribution in [2.45, 2.75) is 0 Å². The van der Waals surface area contributed by atoms with Crippen molar-refractivity contribution in [3.05, 3.63) is 64.4 Å². The van der Waals surface area contributed by atoms with Crippen LogP contribution in [0.3, 0.4) is 0 Å². The molecule has 0 aliphatic rings. The highest BCUT2D eigenvalue weighted by molar-refractivity contribution is 9.10. The SMILES string of the molecule is Clc1ccc(-c2cnco2)nc1.O=Cc1ccc(Br)cn1. The van der Waals surface area contributed by atoms with E-state index in [1.165, 1.54) is 6.39 Å². The van der Waals surface area contributed by atoms with Gasteiger partial charge in [-0.25, -0.2) is 4.98 Å². The first-order valence-electron chi connectivity index (χ1n) is 5.76. The molecule has 7 heteroatoms. The van der Waals surface area contributed by atoms with Crippen LogP contribution in [0.5, 0.6) is 0 Å². The van der Waals surface area contributed by atoms with Crippen molar-refractivity contribution in [2.24, 2.45) is 0 Å². The average Bonchev–Trinajstić information content (AvgIpc) is 3.04. The first-order valence-corrected chi connectivity index (χ1v) is 6.93. The van der Waals surface area contributed by atoms with Gasteiger partial charge in [-0.2, -0.15) is 0 Å². The van der Waals surface area contributed by atoms with Gasteiger partial charge in [-0.3, -0.25) is 14.8 Å². The first kappa shape index (κ1) is 15.3. The number of carbonyl (C=O) groups is 1. The third-order valence-electron chi connectivity index (χ3n) is 2.28. The van der Waals surface area contributed by atoms with E-state index in [1.807, 2.05) is 0 Å². The fourth-order valence-electron chi connectivity index (χ4n) is 1.32. The van der Waals surface area contributed by atoms with E-state index in [-0.39, 0.29) is 0 Å². The molecule has 0 radical (unpaired) electrons. The molecular formula is C14H9BrClN3O2. The standard InChI is InChI=1S/C8H5ClN2O.C6H4BrNO/c9-6-1-2-7(11-3-6)8-4-10-5-12-8;7-5-1-2-6(4-9)8-3-5/h1-5H;1-4H. The van der Waals surface area contributed by atoms with Crippen molar-refractivity contribution >= 4 is 33.8 Å². The van der Waals surface area contributed by atoms with E-state index in [9.17, 15) is 4.79 Å². The second-order valence-electron chi connectivity index (χ2n) is 3.75. The minimum atomic E-state index is 0.457. The summed E-state index contributed by atoms with van der Waals surface area (Å²) in [5.74, 6) is 0.645. The summed E-state index contributed by atoms with van der Waals surface area (Å²) < 4.78 is 5.93. The molecule has 0 unspecified atom stereocenters. The van der Waals surface area contributed by atoms with E-state index in [4.69, 9.17) is 16.0 Å². The summed E-state index contributed by atoms with van der Waals surface area (Å²) in [5, 5.41) is 0.610. The lowest BCUT2D eigenvalue weighted by Gasteiger charge is -1.93. The molecule has 3 heterocycles. The molecule has 0 N–H and O–H groups in total. The fraction of sp³-hybridized carbons (Fsp3) is 0. The van der Waals surface area contributed by atoms with Crippen molar-refractivity contribution in [1.29, 1.82) is 0 Å². The van der Waals surface area contributed by atoms with E-state index < -0.39 is 0 Å². The van der Waals surface area contributed by atoms with Crippen LogP contribution >= 0.6 is 27.5 Å². The summed E-state index contributed by atoms with van der Waals surface area (Å²) in [5.41, 5.74) is 1.19. The molecule has 0 aromatic carbocycles. The molecule has 0 aliphatic carbocycles. The second kappa shape index (κ2) is 7.66. The van der Waals surface area contributed by atoms with Crippen LogP contribution < -0.4 is 0 Å². The van der Waals surface area contributed by atoms with E-state index in [0.29, 0.717) is 22.8 Å². The predicted molar refractivity (Wildman–Crippen MR) is 82.1 cm³/mol. The van der Waals surface area contributed by atoms with Gasteiger partial charge in [-0.05, 0) is 40.2 Å². The van der Waals surface area contributed by atoms with Gasteiger partial charge in [0.05, 0.1) is 11.2 Å². The topological polar surface area (TPSA) is 68.9 Å². The van der Waals surface area contributed by atoms with E-state index >= 15 is 0 Å². The molecule has 5 nitrogen and oxygen atoms in total. The molecule has 0 saturated heterocycles. The third kappa shape index (κ3) is 4.77. The molecule has 0 aliphatic heterocycles. The second-order valence-corrected chi connectivity index (χ2v) is 5.10. The molecule has 3 aromatic heterocycles. The Morgan fingerprint density at radius 3 is 2.48 bits per heavy atom. The van der Waals surface area contributed by atoms with Crippen molar-refractivity contribution in [1.82, 2.24) is 15.0 Å². The molecule has 21 heavy (non-hydrogen) atoms. The average molecular weight is 367 g/mol. The molecule has 0 fully saturated rings. The Morgan fingerprint density at radius 2 is 1.95 bits per heavy atom. The molecule has 0 spiro atoms. The van der Waals surface area contributed by atoms with Gasteiger partial charge in [-0.15, -0.1) is 0 Å². The summed E-state index contributed by atoms with van der Waals surface area (Å²) >= 11 is 8.86. The van der Waals surface area contributed by atoms with Gasteiger partial charge in [0, 0.05) is 16.9 Å². The Morgan fingerprint density at radius 1 is 1.10 bits per heavy atom. The fourth-order valence-corrected chi connectivity index (χ4v) is 1.67. The molecule has 0 amide bonds. The Balaban J connectivity index is 0.000000161. The van der Waals surface area contributed by atoms with Crippen LogP contribution in [0.15, 0.2) is 58.1 Å². The lowest BCUT2D eigenvalue weighted by Crippen LogP contribution is -1.82. The lowest BCUT2D eigenvalue weighted by molar-refractivity contribution is 0.111. The molecule has 3 aromatic rings. The van der Waals surface area contributed by atoms with E-state index in [1.54, 1.807) is 42.9 Å². The van der Waals surface area contributed by atoms with Gasteiger partial charge >= 0.3 is 0 Å². The van der Waals surface area contributed by atoms with Crippen LogP contribution in [0.1, 0.15) is 10.5 Å². The lowest BCUT2D eigenvalue weighted by atomic mass is 10.3. The number of halogens is 2.